The van der Waals surface area contributed by atoms with Crippen LogP contribution in [0.25, 0.3) is 0 Å². The van der Waals surface area contributed by atoms with Gasteiger partial charge in [-0.1, -0.05) is 0 Å². The summed E-state index contributed by atoms with van der Waals surface area (Å²) in [4.78, 5) is 22.6. The molecule has 19 heavy (non-hydrogen) atoms. The molecule has 0 heterocycles. The highest BCUT2D eigenvalue weighted by Gasteiger charge is 2.48. The summed E-state index contributed by atoms with van der Waals surface area (Å²) in [6, 6.07) is 5.02. The van der Waals surface area contributed by atoms with Gasteiger partial charge in [-0.15, -0.1) is 0 Å². The fourth-order valence-electron chi connectivity index (χ4n) is 1.89. The van der Waals surface area contributed by atoms with Gasteiger partial charge in [0.25, 0.3) is 0 Å². The molecule has 102 valence electrons. The molecule has 2 unspecified atom stereocenters. The second kappa shape index (κ2) is 5.17. The number of nitrogens with one attached hydrogen (secondary N) is 1. The van der Waals surface area contributed by atoms with E-state index in [2.05, 4.69) is 5.32 Å². The smallest absolute Gasteiger partial charge is 0.307 e. The van der Waals surface area contributed by atoms with Gasteiger partial charge >= 0.3 is 5.97 Å². The van der Waals surface area contributed by atoms with Crippen molar-refractivity contribution >= 4 is 17.6 Å². The lowest BCUT2D eigenvalue weighted by molar-refractivity contribution is -0.139. The molecule has 1 fully saturated rings. The molecule has 0 aromatic heterocycles. The van der Waals surface area contributed by atoms with Crippen molar-refractivity contribution < 1.29 is 24.2 Å². The van der Waals surface area contributed by atoms with Crippen molar-refractivity contribution in [1.29, 1.82) is 0 Å². The van der Waals surface area contributed by atoms with Crippen molar-refractivity contribution in [2.24, 2.45) is 11.8 Å². The number of aliphatic carboxylic acids is 1. The van der Waals surface area contributed by atoms with E-state index in [1.807, 2.05) is 0 Å². The Morgan fingerprint density at radius 2 is 2.00 bits per heavy atom. The normalized spacial score (nSPS) is 20.5. The molecule has 0 saturated heterocycles. The van der Waals surface area contributed by atoms with Crippen molar-refractivity contribution in [3.05, 3.63) is 18.2 Å². The van der Waals surface area contributed by atoms with Gasteiger partial charge in [0, 0.05) is 6.07 Å². The van der Waals surface area contributed by atoms with Crippen LogP contribution in [0.3, 0.4) is 0 Å². The van der Waals surface area contributed by atoms with Gasteiger partial charge in [0.15, 0.2) is 0 Å². The van der Waals surface area contributed by atoms with Crippen molar-refractivity contribution in [3.63, 3.8) is 0 Å². The van der Waals surface area contributed by atoms with E-state index in [1.54, 1.807) is 18.2 Å². The number of carboxylic acids is 1. The van der Waals surface area contributed by atoms with Crippen LogP contribution in [0.2, 0.25) is 0 Å². The number of methoxy groups -OCH3 is 2. The monoisotopic (exact) mass is 265 g/mol. The molecule has 2 N–H and O–H groups in total. The summed E-state index contributed by atoms with van der Waals surface area (Å²) >= 11 is 0. The minimum atomic E-state index is -0.933. The van der Waals surface area contributed by atoms with Crippen molar-refractivity contribution in [3.8, 4) is 11.5 Å². The molecular formula is C13H15NO5. The number of carbonyl (C=O) groups excluding carboxylic acids is 1. The van der Waals surface area contributed by atoms with E-state index in [1.165, 1.54) is 14.2 Å². The lowest BCUT2D eigenvalue weighted by atomic mass is 10.2. The molecule has 1 amide bonds. The molecule has 2 rings (SSSR count). The maximum atomic E-state index is 11.9. The third-order valence-corrected chi connectivity index (χ3v) is 3.11. The summed E-state index contributed by atoms with van der Waals surface area (Å²) in [6.45, 7) is 0. The Kier molecular flexibility index (Phi) is 3.59. The number of hydrogen-bond donors (Lipinski definition) is 2. The van der Waals surface area contributed by atoms with Gasteiger partial charge in [-0.3, -0.25) is 9.59 Å². The van der Waals surface area contributed by atoms with Crippen LogP contribution in [0.4, 0.5) is 5.69 Å². The maximum Gasteiger partial charge on any atom is 0.307 e. The average molecular weight is 265 g/mol. The third kappa shape index (κ3) is 2.78. The highest BCUT2D eigenvalue weighted by atomic mass is 16.5. The topological polar surface area (TPSA) is 84.9 Å². The summed E-state index contributed by atoms with van der Waals surface area (Å²) in [5, 5.41) is 11.5. The number of carbonyl (C=O) groups is 2. The fourth-order valence-corrected chi connectivity index (χ4v) is 1.89. The highest BCUT2D eigenvalue weighted by Crippen LogP contribution is 2.40. The number of anilines is 1. The number of benzene rings is 1. The summed E-state index contributed by atoms with van der Waals surface area (Å²) < 4.78 is 10.2. The van der Waals surface area contributed by atoms with Gasteiger partial charge < -0.3 is 19.9 Å². The first-order valence-electron chi connectivity index (χ1n) is 5.82. The fraction of sp³-hybridized carbons (Fsp3) is 0.385. The molecule has 0 aliphatic heterocycles. The average Bonchev–Trinajstić information content (AvgIpc) is 3.19. The lowest BCUT2D eigenvalue weighted by Gasteiger charge is -2.11. The number of amides is 1. The third-order valence-electron chi connectivity index (χ3n) is 3.11. The molecular weight excluding hydrogens is 250 g/mol. The van der Waals surface area contributed by atoms with Crippen LogP contribution in [-0.4, -0.2) is 31.2 Å². The Hall–Kier alpha value is -2.24. The molecule has 6 nitrogen and oxygen atoms in total. The molecule has 1 saturated carbocycles. The first-order valence-corrected chi connectivity index (χ1v) is 5.82. The van der Waals surface area contributed by atoms with E-state index in [0.717, 1.165) is 0 Å². The lowest BCUT2D eigenvalue weighted by Crippen LogP contribution is -2.17. The second-order valence-electron chi connectivity index (χ2n) is 4.34. The Morgan fingerprint density at radius 1 is 1.26 bits per heavy atom. The molecule has 0 spiro atoms. The van der Waals surface area contributed by atoms with E-state index in [4.69, 9.17) is 14.6 Å². The largest absolute Gasteiger partial charge is 0.497 e. The zero-order valence-electron chi connectivity index (χ0n) is 10.7. The minimum Gasteiger partial charge on any atom is -0.497 e. The van der Waals surface area contributed by atoms with E-state index in [9.17, 15) is 9.59 Å². The van der Waals surface area contributed by atoms with Gasteiger partial charge in [0.1, 0.15) is 11.5 Å². The second-order valence-corrected chi connectivity index (χ2v) is 4.34. The number of rotatable bonds is 5. The first kappa shape index (κ1) is 13.2. The van der Waals surface area contributed by atoms with Crippen LogP contribution in [0.1, 0.15) is 6.42 Å². The summed E-state index contributed by atoms with van der Waals surface area (Å²) in [5.74, 6) is -1.19. The molecule has 0 bridgehead atoms. The van der Waals surface area contributed by atoms with Crippen LogP contribution in [0.5, 0.6) is 11.5 Å². The van der Waals surface area contributed by atoms with Gasteiger partial charge in [-0.25, -0.2) is 0 Å². The number of carboxylic acid groups (broad SMARTS) is 1. The SMILES string of the molecule is COc1ccc(OC)c(NC(=O)C2CC2C(=O)O)c1. The predicted octanol–water partition coefficient (Wildman–Crippen LogP) is 1.36. The Bertz CT molecular complexity index is 514. The summed E-state index contributed by atoms with van der Waals surface area (Å²) in [7, 11) is 3.02. The quantitative estimate of drug-likeness (QED) is 0.839. The number of hydrogen-bond acceptors (Lipinski definition) is 4. The van der Waals surface area contributed by atoms with Crippen molar-refractivity contribution in [1.82, 2.24) is 0 Å². The molecule has 1 aromatic rings. The molecule has 1 aromatic carbocycles. The molecule has 1 aliphatic rings. The van der Waals surface area contributed by atoms with Crippen LogP contribution >= 0.6 is 0 Å². The molecule has 2 atom stereocenters. The molecule has 1 aliphatic carbocycles. The van der Waals surface area contributed by atoms with E-state index < -0.39 is 17.8 Å². The standard InChI is InChI=1S/C13H15NO5/c1-18-7-3-4-11(19-2)10(5-7)14-12(15)8-6-9(8)13(16)17/h3-5,8-9H,6H2,1-2H3,(H,14,15)(H,16,17). The zero-order chi connectivity index (χ0) is 14.0. The van der Waals surface area contributed by atoms with Crippen LogP contribution < -0.4 is 14.8 Å². The summed E-state index contributed by atoms with van der Waals surface area (Å²) in [5.41, 5.74) is 0.475. The van der Waals surface area contributed by atoms with Gasteiger partial charge in [0.2, 0.25) is 5.91 Å². The minimum absolute atomic E-state index is 0.307. The zero-order valence-corrected chi connectivity index (χ0v) is 10.7. The van der Waals surface area contributed by atoms with Crippen molar-refractivity contribution in [2.75, 3.05) is 19.5 Å². The van der Waals surface area contributed by atoms with Gasteiger partial charge in [0.05, 0.1) is 31.7 Å². The van der Waals surface area contributed by atoms with Gasteiger partial charge in [-0.05, 0) is 18.6 Å². The van der Waals surface area contributed by atoms with E-state index in [-0.39, 0.29) is 5.91 Å². The number of ether oxygens (including phenoxy) is 2. The van der Waals surface area contributed by atoms with E-state index in [0.29, 0.717) is 23.6 Å². The Labute approximate surface area is 110 Å². The van der Waals surface area contributed by atoms with E-state index >= 15 is 0 Å². The van der Waals surface area contributed by atoms with Crippen LogP contribution in [-0.2, 0) is 9.59 Å². The van der Waals surface area contributed by atoms with Crippen LogP contribution in [0, 0.1) is 11.8 Å². The summed E-state index contributed by atoms with van der Waals surface area (Å²) in [6.07, 6.45) is 0.382. The van der Waals surface area contributed by atoms with Crippen molar-refractivity contribution in [2.45, 2.75) is 6.42 Å². The maximum absolute atomic E-state index is 11.9. The van der Waals surface area contributed by atoms with Crippen LogP contribution in [0.15, 0.2) is 18.2 Å². The predicted molar refractivity (Wildman–Crippen MR) is 67.4 cm³/mol. The molecule has 6 heteroatoms. The first-order chi connectivity index (χ1) is 9.06. The Balaban J connectivity index is 2.10. The Morgan fingerprint density at radius 3 is 2.53 bits per heavy atom. The molecule has 0 radical (unpaired) electrons. The van der Waals surface area contributed by atoms with Gasteiger partial charge in [-0.2, -0.15) is 0 Å². The highest BCUT2D eigenvalue weighted by molar-refractivity contribution is 5.99.